The van der Waals surface area contributed by atoms with Crippen molar-refractivity contribution >= 4 is 5.78 Å². The van der Waals surface area contributed by atoms with Crippen molar-refractivity contribution in [3.63, 3.8) is 0 Å². The fraction of sp³-hybridized carbons (Fsp3) is 0.111. The van der Waals surface area contributed by atoms with Crippen molar-refractivity contribution in [2.45, 2.75) is 20.1 Å². The molecule has 3 nitrogen and oxygen atoms in total. The normalized spacial score (nSPS) is 10.2. The van der Waals surface area contributed by atoms with E-state index in [2.05, 4.69) is 25.1 Å². The number of rotatable bonds is 7. The number of nitrogens with zero attached hydrogens (tertiary/aromatic N) is 1. The average Bonchev–Trinajstić information content (AvgIpc) is 2.80. The quantitative estimate of drug-likeness (QED) is 0.304. The van der Waals surface area contributed by atoms with Crippen LogP contribution in [0.25, 0.3) is 11.1 Å². The van der Waals surface area contributed by atoms with E-state index < -0.39 is 0 Å². The van der Waals surface area contributed by atoms with Crippen LogP contribution in [0.15, 0.2) is 103 Å². The van der Waals surface area contributed by atoms with E-state index in [0.29, 0.717) is 12.2 Å². The summed E-state index contributed by atoms with van der Waals surface area (Å²) in [5.74, 6) is 0.883. The minimum atomic E-state index is 0. The van der Waals surface area contributed by atoms with Crippen molar-refractivity contribution in [1.29, 1.82) is 0 Å². The second-order valence-electron chi connectivity index (χ2n) is 7.25. The fourth-order valence-electron chi connectivity index (χ4n) is 3.49. The Kier molecular flexibility index (Phi) is 7.74. The van der Waals surface area contributed by atoms with E-state index in [4.69, 9.17) is 4.74 Å². The van der Waals surface area contributed by atoms with Gasteiger partial charge in [-0.15, -0.1) is 0 Å². The van der Waals surface area contributed by atoms with Crippen LogP contribution in [0.2, 0.25) is 0 Å². The number of ketones is 1. The summed E-state index contributed by atoms with van der Waals surface area (Å²) in [4.78, 5) is 12.8. The van der Waals surface area contributed by atoms with E-state index in [0.717, 1.165) is 28.1 Å². The number of carbonyl (C=O) groups excluding carboxylic acids is 1. The second kappa shape index (κ2) is 10.7. The molecule has 0 aliphatic rings. The molecule has 3 aromatic carbocycles. The first-order valence-corrected chi connectivity index (χ1v) is 10.1. The van der Waals surface area contributed by atoms with Crippen molar-refractivity contribution in [3.05, 3.63) is 120 Å². The molecule has 156 valence electrons. The topological polar surface area (TPSA) is 30.2 Å². The molecular weight excluding hydrogens is 450 g/mol. The van der Waals surface area contributed by atoms with Crippen LogP contribution in [-0.4, -0.2) is 5.78 Å². The lowest BCUT2D eigenvalue weighted by molar-refractivity contribution is -0.692. The van der Waals surface area contributed by atoms with Gasteiger partial charge in [-0.25, -0.2) is 0 Å². The van der Waals surface area contributed by atoms with Crippen LogP contribution >= 0.6 is 0 Å². The van der Waals surface area contributed by atoms with Crippen LogP contribution in [0.5, 0.6) is 5.75 Å². The first-order chi connectivity index (χ1) is 14.7. The number of hydrogen-bond donors (Lipinski definition) is 0. The van der Waals surface area contributed by atoms with Gasteiger partial charge in [-0.3, -0.25) is 4.79 Å². The molecule has 31 heavy (non-hydrogen) atoms. The number of aromatic nitrogens is 1. The van der Waals surface area contributed by atoms with Gasteiger partial charge in [0.25, 0.3) is 0 Å². The lowest BCUT2D eigenvalue weighted by Gasteiger charge is -2.11. The summed E-state index contributed by atoms with van der Waals surface area (Å²) in [6.07, 6.45) is 2.05. The molecular formula is C27H24BrNO2. The molecule has 0 unspecified atom stereocenters. The van der Waals surface area contributed by atoms with Crippen LogP contribution in [0, 0.1) is 6.92 Å². The molecule has 0 bridgehead atoms. The molecule has 0 aliphatic heterocycles. The van der Waals surface area contributed by atoms with Crippen LogP contribution < -0.4 is 26.3 Å². The predicted molar refractivity (Wildman–Crippen MR) is 118 cm³/mol. The van der Waals surface area contributed by atoms with Gasteiger partial charge in [0, 0.05) is 17.2 Å². The molecule has 0 saturated carbocycles. The molecule has 4 aromatic rings. The third-order valence-electron chi connectivity index (χ3n) is 5.08. The summed E-state index contributed by atoms with van der Waals surface area (Å²) in [6, 6.07) is 31.6. The zero-order valence-corrected chi connectivity index (χ0v) is 19.0. The summed E-state index contributed by atoms with van der Waals surface area (Å²) < 4.78 is 8.02. The van der Waals surface area contributed by atoms with Gasteiger partial charge in [0.1, 0.15) is 5.75 Å². The Balaban J connectivity index is 0.00000272. The summed E-state index contributed by atoms with van der Waals surface area (Å²) in [6.45, 7) is 2.73. The minimum Gasteiger partial charge on any atom is -1.00 e. The van der Waals surface area contributed by atoms with Crippen LogP contribution in [0.4, 0.5) is 0 Å². The number of benzene rings is 3. The van der Waals surface area contributed by atoms with Crippen molar-refractivity contribution in [2.24, 2.45) is 0 Å². The Labute approximate surface area is 193 Å². The van der Waals surface area contributed by atoms with Crippen LogP contribution in [-0.2, 0) is 13.2 Å². The highest BCUT2D eigenvalue weighted by Crippen LogP contribution is 2.23. The lowest BCUT2D eigenvalue weighted by Crippen LogP contribution is -3.00. The zero-order chi connectivity index (χ0) is 20.8. The van der Waals surface area contributed by atoms with Crippen molar-refractivity contribution in [2.75, 3.05) is 0 Å². The number of aryl methyl sites for hydroxylation is 1. The van der Waals surface area contributed by atoms with Crippen LogP contribution in [0.3, 0.4) is 0 Å². The maximum Gasteiger partial charge on any atom is 0.227 e. The monoisotopic (exact) mass is 473 g/mol. The number of carbonyl (C=O) groups is 1. The van der Waals surface area contributed by atoms with Gasteiger partial charge >= 0.3 is 0 Å². The number of ether oxygens (including phenoxy) is 1. The Hall–Kier alpha value is -3.24. The van der Waals surface area contributed by atoms with Gasteiger partial charge in [-0.2, -0.15) is 4.57 Å². The van der Waals surface area contributed by atoms with E-state index >= 15 is 0 Å². The Bertz CT molecular complexity index is 1130. The molecule has 0 radical (unpaired) electrons. The fourth-order valence-corrected chi connectivity index (χ4v) is 3.49. The predicted octanol–water partition coefficient (Wildman–Crippen LogP) is 2.42. The molecule has 0 saturated heterocycles. The summed E-state index contributed by atoms with van der Waals surface area (Å²) >= 11 is 0. The maximum atomic E-state index is 12.8. The van der Waals surface area contributed by atoms with Crippen molar-refractivity contribution in [1.82, 2.24) is 0 Å². The van der Waals surface area contributed by atoms with E-state index in [-0.39, 0.29) is 29.3 Å². The average molecular weight is 474 g/mol. The van der Waals surface area contributed by atoms with E-state index in [1.165, 1.54) is 0 Å². The largest absolute Gasteiger partial charge is 1.00 e. The van der Waals surface area contributed by atoms with Gasteiger partial charge in [-0.1, -0.05) is 78.9 Å². The second-order valence-corrected chi connectivity index (χ2v) is 7.25. The molecule has 4 heteroatoms. The number of para-hydroxylation sites is 1. The van der Waals surface area contributed by atoms with E-state index in [9.17, 15) is 4.79 Å². The van der Waals surface area contributed by atoms with Gasteiger partial charge in [0.2, 0.25) is 18.0 Å². The van der Waals surface area contributed by atoms with Gasteiger partial charge in [0.15, 0.2) is 12.8 Å². The van der Waals surface area contributed by atoms with Gasteiger partial charge in [0.05, 0.1) is 0 Å². The highest BCUT2D eigenvalue weighted by Gasteiger charge is 2.20. The molecule has 0 fully saturated rings. The summed E-state index contributed by atoms with van der Waals surface area (Å²) in [7, 11) is 0. The Morgan fingerprint density at radius 2 is 1.42 bits per heavy atom. The summed E-state index contributed by atoms with van der Waals surface area (Å²) in [5, 5.41) is 0. The first-order valence-electron chi connectivity index (χ1n) is 10.1. The Morgan fingerprint density at radius 3 is 2.06 bits per heavy atom. The van der Waals surface area contributed by atoms with Gasteiger partial charge in [-0.05, 0) is 30.2 Å². The smallest absolute Gasteiger partial charge is 0.227 e. The van der Waals surface area contributed by atoms with Crippen LogP contribution in [0.1, 0.15) is 21.6 Å². The summed E-state index contributed by atoms with van der Waals surface area (Å²) in [5.41, 5.74) is 5.07. The van der Waals surface area contributed by atoms with E-state index in [1.54, 1.807) is 0 Å². The molecule has 0 N–H and O–H groups in total. The van der Waals surface area contributed by atoms with E-state index in [1.807, 2.05) is 89.6 Å². The first kappa shape index (κ1) is 22.4. The zero-order valence-electron chi connectivity index (χ0n) is 17.4. The molecule has 1 aromatic heterocycles. The molecule has 0 aliphatic carbocycles. The SMILES string of the molecule is Cc1c[n+](CC(=O)c2ccccc2)c(COc2ccccc2)cc1-c1ccccc1.[Br-]. The minimum absolute atomic E-state index is 0. The Morgan fingerprint density at radius 1 is 0.839 bits per heavy atom. The number of hydrogen-bond acceptors (Lipinski definition) is 2. The van der Waals surface area contributed by atoms with Crippen molar-refractivity contribution < 1.29 is 31.1 Å². The molecule has 1 heterocycles. The highest BCUT2D eigenvalue weighted by atomic mass is 79.9. The highest BCUT2D eigenvalue weighted by molar-refractivity contribution is 5.95. The third-order valence-corrected chi connectivity index (χ3v) is 5.08. The number of pyridine rings is 1. The van der Waals surface area contributed by atoms with Gasteiger partial charge < -0.3 is 21.7 Å². The maximum absolute atomic E-state index is 12.8. The number of Topliss-reactive ketones (excluding diaryl/α,β-unsaturated/α-hetero) is 1. The molecule has 4 rings (SSSR count). The molecule has 0 atom stereocenters. The standard InChI is InChI=1S/C27H24NO2.BrH/c1-21-18-28(19-27(29)23-13-7-3-8-14-23)24(20-30-25-15-9-4-10-16-25)17-26(21)22-11-5-2-6-12-22;/h2-18H,19-20H2,1H3;1H/q+1;/p-1. The molecule has 0 spiro atoms. The molecule has 0 amide bonds. The van der Waals surface area contributed by atoms with Crippen molar-refractivity contribution in [3.8, 4) is 16.9 Å². The third kappa shape index (κ3) is 5.68. The number of halogens is 1. The lowest BCUT2D eigenvalue weighted by atomic mass is 10.0.